The summed E-state index contributed by atoms with van der Waals surface area (Å²) < 4.78 is 0. The quantitative estimate of drug-likeness (QED) is 0.793. The lowest BCUT2D eigenvalue weighted by atomic mass is 9.75. The highest BCUT2D eigenvalue weighted by Crippen LogP contribution is 2.38. The molecular weight excluding hydrogens is 244 g/mol. The fraction of sp³-hybridized carbons (Fsp3) is 1.00. The summed E-state index contributed by atoms with van der Waals surface area (Å²) in [6.45, 7) is 18.6. The third-order valence-electron chi connectivity index (χ3n) is 5.16. The average Bonchev–Trinajstić information content (AvgIpc) is 2.31. The van der Waals surface area contributed by atoms with Crippen LogP contribution < -0.4 is 5.73 Å². The molecule has 0 aromatic heterocycles. The van der Waals surface area contributed by atoms with E-state index in [2.05, 4.69) is 53.4 Å². The molecule has 3 atom stereocenters. The predicted molar refractivity (Wildman–Crippen MR) is 89.8 cm³/mol. The first kappa shape index (κ1) is 18.0. The highest BCUT2D eigenvalue weighted by molar-refractivity contribution is 4.99. The van der Waals surface area contributed by atoms with E-state index in [0.29, 0.717) is 17.9 Å². The molecular formula is C18H38N2. The van der Waals surface area contributed by atoms with Gasteiger partial charge < -0.3 is 5.73 Å². The van der Waals surface area contributed by atoms with Crippen molar-refractivity contribution in [1.82, 2.24) is 4.90 Å². The van der Waals surface area contributed by atoms with Crippen molar-refractivity contribution in [3.05, 3.63) is 0 Å². The zero-order valence-corrected chi connectivity index (χ0v) is 14.9. The molecule has 20 heavy (non-hydrogen) atoms. The molecule has 0 amide bonds. The van der Waals surface area contributed by atoms with E-state index in [1.807, 2.05) is 0 Å². The molecule has 1 aliphatic heterocycles. The number of hydrogen-bond donors (Lipinski definition) is 1. The number of likely N-dealkylation sites (tertiary alicyclic amines) is 1. The van der Waals surface area contributed by atoms with Gasteiger partial charge in [-0.25, -0.2) is 0 Å². The molecule has 120 valence electrons. The molecule has 3 unspecified atom stereocenters. The predicted octanol–water partition coefficient (Wildman–Crippen LogP) is 4.14. The van der Waals surface area contributed by atoms with Gasteiger partial charge in [0.1, 0.15) is 0 Å². The van der Waals surface area contributed by atoms with Crippen LogP contribution in [0.5, 0.6) is 0 Å². The molecule has 1 aliphatic rings. The van der Waals surface area contributed by atoms with Gasteiger partial charge in [-0.15, -0.1) is 0 Å². The van der Waals surface area contributed by atoms with E-state index in [9.17, 15) is 0 Å². The van der Waals surface area contributed by atoms with E-state index in [0.717, 1.165) is 18.4 Å². The van der Waals surface area contributed by atoms with Crippen molar-refractivity contribution in [2.24, 2.45) is 29.4 Å². The second kappa shape index (κ2) is 7.26. The molecule has 1 rings (SSSR count). The highest BCUT2D eigenvalue weighted by Gasteiger charge is 2.43. The second-order valence-corrected chi connectivity index (χ2v) is 8.34. The summed E-state index contributed by atoms with van der Waals surface area (Å²) in [5, 5.41) is 0. The minimum atomic E-state index is 0.199. The Balaban J connectivity index is 3.05. The first-order chi connectivity index (χ1) is 9.21. The standard InChI is InChI=1S/C18H38N2/c1-13(2)9-18(12-19,10-14(3)4)20-11-15(5)8-16(6)17(20)7/h13-17H,8-12,19H2,1-7H3. The van der Waals surface area contributed by atoms with E-state index in [1.54, 1.807) is 0 Å². The molecule has 1 fully saturated rings. The SMILES string of the molecule is CC(C)CC(CN)(CC(C)C)N1CC(C)CC(C)C1C. The molecule has 0 radical (unpaired) electrons. The van der Waals surface area contributed by atoms with Gasteiger partial charge in [0.15, 0.2) is 0 Å². The fourth-order valence-electron chi connectivity index (χ4n) is 4.46. The van der Waals surface area contributed by atoms with Gasteiger partial charge in [-0.3, -0.25) is 4.90 Å². The normalized spacial score (nSPS) is 29.4. The van der Waals surface area contributed by atoms with E-state index in [-0.39, 0.29) is 5.54 Å². The van der Waals surface area contributed by atoms with Gasteiger partial charge in [-0.05, 0) is 49.9 Å². The lowest BCUT2D eigenvalue weighted by molar-refractivity contribution is -0.0368. The second-order valence-electron chi connectivity index (χ2n) is 8.34. The van der Waals surface area contributed by atoms with Crippen LogP contribution in [0.1, 0.15) is 67.7 Å². The minimum Gasteiger partial charge on any atom is -0.329 e. The summed E-state index contributed by atoms with van der Waals surface area (Å²) in [6.07, 6.45) is 3.82. The number of hydrogen-bond acceptors (Lipinski definition) is 2. The van der Waals surface area contributed by atoms with E-state index in [1.165, 1.54) is 25.8 Å². The number of nitrogens with two attached hydrogens (primary N) is 1. The van der Waals surface area contributed by atoms with Crippen LogP contribution in [0.15, 0.2) is 0 Å². The van der Waals surface area contributed by atoms with Crippen molar-refractivity contribution in [3.8, 4) is 0 Å². The molecule has 0 aromatic rings. The summed E-state index contributed by atoms with van der Waals surface area (Å²) in [5.74, 6) is 2.99. The summed E-state index contributed by atoms with van der Waals surface area (Å²) >= 11 is 0. The van der Waals surface area contributed by atoms with Gasteiger partial charge >= 0.3 is 0 Å². The van der Waals surface area contributed by atoms with Crippen LogP contribution in [0.25, 0.3) is 0 Å². The Hall–Kier alpha value is -0.0800. The van der Waals surface area contributed by atoms with Crippen LogP contribution in [0.2, 0.25) is 0 Å². The Morgan fingerprint density at radius 2 is 1.55 bits per heavy atom. The maximum atomic E-state index is 6.35. The Morgan fingerprint density at radius 3 is 1.95 bits per heavy atom. The Morgan fingerprint density at radius 1 is 1.05 bits per heavy atom. The van der Waals surface area contributed by atoms with Gasteiger partial charge in [0.2, 0.25) is 0 Å². The summed E-state index contributed by atoms with van der Waals surface area (Å²) in [6, 6.07) is 0.659. The summed E-state index contributed by atoms with van der Waals surface area (Å²) in [5.41, 5.74) is 6.55. The largest absolute Gasteiger partial charge is 0.329 e. The van der Waals surface area contributed by atoms with Crippen molar-refractivity contribution in [1.29, 1.82) is 0 Å². The van der Waals surface area contributed by atoms with Crippen molar-refractivity contribution >= 4 is 0 Å². The van der Waals surface area contributed by atoms with Crippen LogP contribution in [-0.4, -0.2) is 29.6 Å². The number of rotatable bonds is 6. The van der Waals surface area contributed by atoms with Crippen LogP contribution in [-0.2, 0) is 0 Å². The Labute approximate surface area is 127 Å². The van der Waals surface area contributed by atoms with Crippen LogP contribution in [0.4, 0.5) is 0 Å². The van der Waals surface area contributed by atoms with Crippen molar-refractivity contribution < 1.29 is 0 Å². The third kappa shape index (κ3) is 4.21. The first-order valence-electron chi connectivity index (χ1n) is 8.68. The summed E-state index contributed by atoms with van der Waals surface area (Å²) in [4.78, 5) is 2.78. The molecule has 2 nitrogen and oxygen atoms in total. The lowest BCUT2D eigenvalue weighted by Crippen LogP contribution is -2.62. The van der Waals surface area contributed by atoms with E-state index in [4.69, 9.17) is 5.73 Å². The van der Waals surface area contributed by atoms with Gasteiger partial charge in [0, 0.05) is 24.7 Å². The molecule has 0 aliphatic carbocycles. The molecule has 0 saturated carbocycles. The van der Waals surface area contributed by atoms with Crippen molar-refractivity contribution in [2.75, 3.05) is 13.1 Å². The van der Waals surface area contributed by atoms with Crippen molar-refractivity contribution in [3.63, 3.8) is 0 Å². The molecule has 0 spiro atoms. The molecule has 2 N–H and O–H groups in total. The van der Waals surface area contributed by atoms with Crippen LogP contribution >= 0.6 is 0 Å². The Bertz CT molecular complexity index is 275. The van der Waals surface area contributed by atoms with Gasteiger partial charge in [-0.1, -0.05) is 41.5 Å². The highest BCUT2D eigenvalue weighted by atomic mass is 15.2. The minimum absolute atomic E-state index is 0.199. The smallest absolute Gasteiger partial charge is 0.0339 e. The van der Waals surface area contributed by atoms with Crippen LogP contribution in [0.3, 0.4) is 0 Å². The van der Waals surface area contributed by atoms with Gasteiger partial charge in [-0.2, -0.15) is 0 Å². The van der Waals surface area contributed by atoms with E-state index < -0.39 is 0 Å². The lowest BCUT2D eigenvalue weighted by Gasteiger charge is -2.54. The van der Waals surface area contributed by atoms with E-state index >= 15 is 0 Å². The number of nitrogens with zero attached hydrogens (tertiary/aromatic N) is 1. The zero-order valence-electron chi connectivity index (χ0n) is 14.9. The third-order valence-corrected chi connectivity index (χ3v) is 5.16. The van der Waals surface area contributed by atoms with Gasteiger partial charge in [0.05, 0.1) is 0 Å². The maximum absolute atomic E-state index is 6.35. The van der Waals surface area contributed by atoms with Crippen LogP contribution in [0, 0.1) is 23.7 Å². The monoisotopic (exact) mass is 282 g/mol. The zero-order chi connectivity index (χ0) is 15.5. The molecule has 0 aromatic carbocycles. The first-order valence-corrected chi connectivity index (χ1v) is 8.68. The Kier molecular flexibility index (Phi) is 6.53. The molecule has 2 heteroatoms. The van der Waals surface area contributed by atoms with Gasteiger partial charge in [0.25, 0.3) is 0 Å². The maximum Gasteiger partial charge on any atom is 0.0339 e. The fourth-order valence-corrected chi connectivity index (χ4v) is 4.46. The van der Waals surface area contributed by atoms with Crippen molar-refractivity contribution in [2.45, 2.75) is 79.3 Å². The topological polar surface area (TPSA) is 29.3 Å². The molecule has 1 saturated heterocycles. The number of piperidine rings is 1. The molecule has 0 bridgehead atoms. The average molecular weight is 283 g/mol. The summed E-state index contributed by atoms with van der Waals surface area (Å²) in [7, 11) is 0. The molecule has 1 heterocycles.